The van der Waals surface area contributed by atoms with Gasteiger partial charge in [0.2, 0.25) is 11.8 Å². The Balaban J connectivity index is 1.66. The van der Waals surface area contributed by atoms with E-state index >= 15 is 0 Å². The Hall–Kier alpha value is -3.45. The Morgan fingerprint density at radius 3 is 2.27 bits per heavy atom. The fourth-order valence-corrected chi connectivity index (χ4v) is 3.59. The Kier molecular flexibility index (Phi) is 6.98. The minimum absolute atomic E-state index is 0.0917. The molecule has 3 amide bonds. The van der Waals surface area contributed by atoms with Crippen LogP contribution in [0.15, 0.2) is 66.0 Å². The number of nitrogens with one attached hydrogen (secondary N) is 3. The Labute approximate surface area is 179 Å². The van der Waals surface area contributed by atoms with Crippen molar-refractivity contribution < 1.29 is 14.4 Å². The number of amides is 3. The van der Waals surface area contributed by atoms with Crippen LogP contribution in [0.3, 0.4) is 0 Å². The second-order valence-electron chi connectivity index (χ2n) is 6.93. The van der Waals surface area contributed by atoms with Crippen molar-refractivity contribution in [1.29, 1.82) is 0 Å². The largest absolute Gasteiger partial charge is 0.349 e. The SMILES string of the molecule is CC(=O)NC(CC(=O)Nc1cccc(NC(=O)c2cccs2)c1)c1ccc(C)cc1. The van der Waals surface area contributed by atoms with Gasteiger partial charge in [0.05, 0.1) is 17.3 Å². The van der Waals surface area contributed by atoms with Gasteiger partial charge in [-0.15, -0.1) is 11.3 Å². The third-order valence-electron chi connectivity index (χ3n) is 4.40. The van der Waals surface area contributed by atoms with Gasteiger partial charge in [0.1, 0.15) is 0 Å². The van der Waals surface area contributed by atoms with E-state index in [1.54, 1.807) is 30.3 Å². The molecule has 30 heavy (non-hydrogen) atoms. The van der Waals surface area contributed by atoms with Crippen molar-refractivity contribution in [3.63, 3.8) is 0 Å². The molecular formula is C23H23N3O3S. The molecule has 0 saturated heterocycles. The minimum Gasteiger partial charge on any atom is -0.349 e. The lowest BCUT2D eigenvalue weighted by molar-refractivity contribution is -0.120. The first kappa shape index (κ1) is 21.3. The zero-order valence-electron chi connectivity index (χ0n) is 16.8. The molecule has 0 fully saturated rings. The Morgan fingerprint density at radius 1 is 0.933 bits per heavy atom. The maximum Gasteiger partial charge on any atom is 0.265 e. The summed E-state index contributed by atoms with van der Waals surface area (Å²) < 4.78 is 0. The standard InChI is InChI=1S/C23H23N3O3S/c1-15-8-10-17(11-9-15)20(24-16(2)27)14-22(28)25-18-5-3-6-19(13-18)26-23(29)21-7-4-12-30-21/h3-13,20H,14H2,1-2H3,(H,24,27)(H,25,28)(H,26,29). The molecule has 3 aromatic rings. The lowest BCUT2D eigenvalue weighted by Crippen LogP contribution is -2.29. The number of hydrogen-bond donors (Lipinski definition) is 3. The molecular weight excluding hydrogens is 398 g/mol. The van der Waals surface area contributed by atoms with Crippen LogP contribution < -0.4 is 16.0 Å². The third-order valence-corrected chi connectivity index (χ3v) is 5.26. The molecule has 154 valence electrons. The number of thiophene rings is 1. The van der Waals surface area contributed by atoms with Crippen molar-refractivity contribution in [3.05, 3.63) is 82.0 Å². The van der Waals surface area contributed by atoms with Crippen LogP contribution in [-0.4, -0.2) is 17.7 Å². The molecule has 1 atom stereocenters. The smallest absolute Gasteiger partial charge is 0.265 e. The third kappa shape index (κ3) is 6.02. The van der Waals surface area contributed by atoms with E-state index in [1.807, 2.05) is 42.6 Å². The quantitative estimate of drug-likeness (QED) is 0.524. The zero-order chi connectivity index (χ0) is 21.5. The second kappa shape index (κ2) is 9.84. The topological polar surface area (TPSA) is 87.3 Å². The van der Waals surface area contributed by atoms with Crippen LogP contribution in [-0.2, 0) is 9.59 Å². The predicted molar refractivity (Wildman–Crippen MR) is 120 cm³/mol. The minimum atomic E-state index is -0.426. The summed E-state index contributed by atoms with van der Waals surface area (Å²) in [6, 6.07) is 17.8. The predicted octanol–water partition coefficient (Wildman–Crippen LogP) is 4.51. The van der Waals surface area contributed by atoms with Gasteiger partial charge in [-0.3, -0.25) is 14.4 Å². The van der Waals surface area contributed by atoms with Crippen molar-refractivity contribution in [1.82, 2.24) is 5.32 Å². The van der Waals surface area contributed by atoms with E-state index in [2.05, 4.69) is 16.0 Å². The lowest BCUT2D eigenvalue weighted by Gasteiger charge is -2.18. The first-order valence-corrected chi connectivity index (χ1v) is 10.4. The average molecular weight is 422 g/mol. The summed E-state index contributed by atoms with van der Waals surface area (Å²) in [6.07, 6.45) is 0.0917. The number of rotatable bonds is 7. The fraction of sp³-hybridized carbons (Fsp3) is 0.174. The number of benzene rings is 2. The van der Waals surface area contributed by atoms with Gasteiger partial charge < -0.3 is 16.0 Å². The van der Waals surface area contributed by atoms with Gasteiger partial charge in [-0.2, -0.15) is 0 Å². The molecule has 7 heteroatoms. The van der Waals surface area contributed by atoms with Gasteiger partial charge in [0, 0.05) is 18.3 Å². The monoisotopic (exact) mass is 421 g/mol. The van der Waals surface area contributed by atoms with E-state index in [1.165, 1.54) is 18.3 Å². The summed E-state index contributed by atoms with van der Waals surface area (Å²) in [4.78, 5) is 37.0. The number of carbonyl (C=O) groups is 3. The molecule has 1 heterocycles. The van der Waals surface area contributed by atoms with Crippen molar-refractivity contribution in [2.75, 3.05) is 10.6 Å². The second-order valence-corrected chi connectivity index (χ2v) is 7.88. The van der Waals surface area contributed by atoms with Crippen LogP contribution in [0.25, 0.3) is 0 Å². The summed E-state index contributed by atoms with van der Waals surface area (Å²) in [5, 5.41) is 10.3. The molecule has 3 N–H and O–H groups in total. The maximum atomic E-state index is 12.6. The van der Waals surface area contributed by atoms with E-state index in [4.69, 9.17) is 0 Å². The summed E-state index contributed by atoms with van der Waals surface area (Å²) in [5.74, 6) is -0.638. The van der Waals surface area contributed by atoms with Gasteiger partial charge in [0.25, 0.3) is 5.91 Å². The summed E-state index contributed by atoms with van der Waals surface area (Å²) in [5.41, 5.74) is 3.12. The number of hydrogen-bond acceptors (Lipinski definition) is 4. The highest BCUT2D eigenvalue weighted by molar-refractivity contribution is 7.12. The number of aryl methyl sites for hydroxylation is 1. The van der Waals surface area contributed by atoms with E-state index in [0.717, 1.165) is 11.1 Å². The molecule has 0 radical (unpaired) electrons. The summed E-state index contributed by atoms with van der Waals surface area (Å²) in [7, 11) is 0. The fourth-order valence-electron chi connectivity index (χ4n) is 2.97. The highest BCUT2D eigenvalue weighted by Crippen LogP contribution is 2.21. The molecule has 1 aromatic heterocycles. The van der Waals surface area contributed by atoms with Crippen LogP contribution in [0.5, 0.6) is 0 Å². The van der Waals surface area contributed by atoms with Crippen LogP contribution in [0.1, 0.15) is 40.2 Å². The van der Waals surface area contributed by atoms with Gasteiger partial charge in [-0.05, 0) is 42.1 Å². The van der Waals surface area contributed by atoms with Gasteiger partial charge >= 0.3 is 0 Å². The van der Waals surface area contributed by atoms with Crippen molar-refractivity contribution in [2.45, 2.75) is 26.3 Å². The molecule has 1 unspecified atom stereocenters. The molecule has 0 aliphatic heterocycles. The highest BCUT2D eigenvalue weighted by Gasteiger charge is 2.17. The van der Waals surface area contributed by atoms with Gasteiger partial charge in [-0.25, -0.2) is 0 Å². The number of carbonyl (C=O) groups excluding carboxylic acids is 3. The van der Waals surface area contributed by atoms with Crippen LogP contribution in [0.4, 0.5) is 11.4 Å². The van der Waals surface area contributed by atoms with E-state index < -0.39 is 6.04 Å². The lowest BCUT2D eigenvalue weighted by atomic mass is 10.0. The first-order valence-electron chi connectivity index (χ1n) is 9.49. The first-order chi connectivity index (χ1) is 14.4. The van der Waals surface area contributed by atoms with Crippen molar-refractivity contribution in [2.24, 2.45) is 0 Å². The van der Waals surface area contributed by atoms with Crippen LogP contribution in [0.2, 0.25) is 0 Å². The molecule has 3 rings (SSSR count). The van der Waals surface area contributed by atoms with Crippen molar-refractivity contribution >= 4 is 40.4 Å². The van der Waals surface area contributed by atoms with Crippen molar-refractivity contribution in [3.8, 4) is 0 Å². The number of anilines is 2. The summed E-state index contributed by atoms with van der Waals surface area (Å²) >= 11 is 1.36. The Bertz CT molecular complexity index is 1030. The molecule has 2 aromatic carbocycles. The molecule has 0 saturated carbocycles. The molecule has 0 aliphatic rings. The molecule has 0 bridgehead atoms. The molecule has 0 aliphatic carbocycles. The average Bonchev–Trinajstić information content (AvgIpc) is 3.23. The van der Waals surface area contributed by atoms with E-state index in [0.29, 0.717) is 16.3 Å². The van der Waals surface area contributed by atoms with Gasteiger partial charge in [-0.1, -0.05) is 42.0 Å². The summed E-state index contributed by atoms with van der Waals surface area (Å²) in [6.45, 7) is 3.41. The van der Waals surface area contributed by atoms with E-state index in [-0.39, 0.29) is 24.1 Å². The van der Waals surface area contributed by atoms with E-state index in [9.17, 15) is 14.4 Å². The van der Waals surface area contributed by atoms with Gasteiger partial charge in [0.15, 0.2) is 0 Å². The zero-order valence-corrected chi connectivity index (χ0v) is 17.6. The normalized spacial score (nSPS) is 11.4. The molecule has 0 spiro atoms. The maximum absolute atomic E-state index is 12.6. The van der Waals surface area contributed by atoms with Crippen LogP contribution in [0, 0.1) is 6.92 Å². The highest BCUT2D eigenvalue weighted by atomic mass is 32.1. The van der Waals surface area contributed by atoms with Crippen LogP contribution >= 0.6 is 11.3 Å². The molecule has 6 nitrogen and oxygen atoms in total. The Morgan fingerprint density at radius 2 is 1.63 bits per heavy atom.